The van der Waals surface area contributed by atoms with E-state index >= 15 is 0 Å². The van der Waals surface area contributed by atoms with Gasteiger partial charge in [-0.3, -0.25) is 0 Å². The van der Waals surface area contributed by atoms with Crippen LogP contribution in [0, 0.1) is 13.8 Å². The highest BCUT2D eigenvalue weighted by Gasteiger charge is 2.06. The average molecular weight is 229 g/mol. The van der Waals surface area contributed by atoms with E-state index in [4.69, 9.17) is 10.5 Å². The van der Waals surface area contributed by atoms with Crippen LogP contribution in [0.4, 0.5) is 5.82 Å². The number of methoxy groups -OCH3 is 1. The normalized spacial score (nSPS) is 10.3. The molecule has 1 heterocycles. The highest BCUT2D eigenvalue weighted by atomic mass is 16.5. The Balaban J connectivity index is 2.52. The van der Waals surface area contributed by atoms with E-state index in [0.29, 0.717) is 11.6 Å². The van der Waals surface area contributed by atoms with Crippen LogP contribution in [0.2, 0.25) is 0 Å². The molecule has 0 radical (unpaired) electrons. The largest absolute Gasteiger partial charge is 0.497 e. The lowest BCUT2D eigenvalue weighted by Gasteiger charge is -2.08. The standard InChI is InChI=1S/C13H15N3O/c1-8-6-10(17-3)4-5-11(8)12-7-13(14)16-9(2)15-12/h4-7H,1-3H3,(H2,14,15,16). The quantitative estimate of drug-likeness (QED) is 0.858. The second-order valence-electron chi connectivity index (χ2n) is 3.91. The summed E-state index contributed by atoms with van der Waals surface area (Å²) in [6.07, 6.45) is 0. The van der Waals surface area contributed by atoms with Crippen LogP contribution in [-0.4, -0.2) is 17.1 Å². The Morgan fingerprint density at radius 3 is 2.47 bits per heavy atom. The van der Waals surface area contributed by atoms with Crippen molar-refractivity contribution in [3.8, 4) is 17.0 Å². The minimum atomic E-state index is 0.489. The van der Waals surface area contributed by atoms with Crippen molar-refractivity contribution in [1.29, 1.82) is 0 Å². The fraction of sp³-hybridized carbons (Fsp3) is 0.231. The van der Waals surface area contributed by atoms with Gasteiger partial charge >= 0.3 is 0 Å². The van der Waals surface area contributed by atoms with Crippen molar-refractivity contribution >= 4 is 5.82 Å². The average Bonchev–Trinajstić information content (AvgIpc) is 2.27. The van der Waals surface area contributed by atoms with Crippen molar-refractivity contribution in [3.63, 3.8) is 0 Å². The number of hydrogen-bond donors (Lipinski definition) is 1. The van der Waals surface area contributed by atoms with Crippen LogP contribution in [0.3, 0.4) is 0 Å². The van der Waals surface area contributed by atoms with Crippen LogP contribution in [0.15, 0.2) is 24.3 Å². The number of rotatable bonds is 2. The van der Waals surface area contributed by atoms with E-state index in [-0.39, 0.29) is 0 Å². The fourth-order valence-corrected chi connectivity index (χ4v) is 1.78. The van der Waals surface area contributed by atoms with Gasteiger partial charge in [0.05, 0.1) is 12.8 Å². The van der Waals surface area contributed by atoms with Crippen molar-refractivity contribution in [2.24, 2.45) is 0 Å². The zero-order valence-corrected chi connectivity index (χ0v) is 10.2. The summed E-state index contributed by atoms with van der Waals surface area (Å²) in [5.41, 5.74) is 8.71. The van der Waals surface area contributed by atoms with Crippen molar-refractivity contribution in [1.82, 2.24) is 9.97 Å². The first-order valence-electron chi connectivity index (χ1n) is 5.36. The molecule has 2 aromatic rings. The first-order chi connectivity index (χ1) is 8.10. The molecular weight excluding hydrogens is 214 g/mol. The third-order valence-electron chi connectivity index (χ3n) is 2.57. The molecule has 2 rings (SSSR count). The van der Waals surface area contributed by atoms with E-state index in [9.17, 15) is 0 Å². The lowest BCUT2D eigenvalue weighted by molar-refractivity contribution is 0.414. The molecule has 1 aromatic carbocycles. The zero-order chi connectivity index (χ0) is 12.4. The monoisotopic (exact) mass is 229 g/mol. The Labute approximate surface area is 100 Å². The van der Waals surface area contributed by atoms with Crippen LogP contribution < -0.4 is 10.5 Å². The van der Waals surface area contributed by atoms with Gasteiger partial charge in [0.25, 0.3) is 0 Å². The van der Waals surface area contributed by atoms with Gasteiger partial charge in [-0.2, -0.15) is 0 Å². The van der Waals surface area contributed by atoms with E-state index < -0.39 is 0 Å². The Hall–Kier alpha value is -2.10. The molecule has 0 amide bonds. The second kappa shape index (κ2) is 4.41. The lowest BCUT2D eigenvalue weighted by atomic mass is 10.1. The first kappa shape index (κ1) is 11.4. The summed E-state index contributed by atoms with van der Waals surface area (Å²) in [7, 11) is 1.65. The summed E-state index contributed by atoms with van der Waals surface area (Å²) in [5, 5.41) is 0. The van der Waals surface area contributed by atoms with Gasteiger partial charge in [-0.25, -0.2) is 9.97 Å². The number of nitrogens with zero attached hydrogens (tertiary/aromatic N) is 2. The van der Waals surface area contributed by atoms with E-state index in [2.05, 4.69) is 9.97 Å². The highest BCUT2D eigenvalue weighted by molar-refractivity contribution is 5.66. The smallest absolute Gasteiger partial charge is 0.128 e. The SMILES string of the molecule is COc1ccc(-c2cc(N)nc(C)n2)c(C)c1. The Bertz CT molecular complexity index is 532. The second-order valence-corrected chi connectivity index (χ2v) is 3.91. The van der Waals surface area contributed by atoms with E-state index in [1.54, 1.807) is 13.2 Å². The molecule has 0 spiro atoms. The van der Waals surface area contributed by atoms with Crippen molar-refractivity contribution in [2.75, 3.05) is 12.8 Å². The summed E-state index contributed by atoms with van der Waals surface area (Å²) in [5.74, 6) is 2.00. The van der Waals surface area contributed by atoms with E-state index in [1.165, 1.54) is 0 Å². The maximum atomic E-state index is 5.73. The van der Waals surface area contributed by atoms with Gasteiger partial charge in [0.2, 0.25) is 0 Å². The van der Waals surface area contributed by atoms with Gasteiger partial charge in [-0.1, -0.05) is 0 Å². The molecular formula is C13H15N3O. The summed E-state index contributed by atoms with van der Waals surface area (Å²) in [6.45, 7) is 3.85. The topological polar surface area (TPSA) is 61.0 Å². The molecule has 0 bridgehead atoms. The van der Waals surface area contributed by atoms with Gasteiger partial charge in [0.1, 0.15) is 17.4 Å². The molecule has 0 aliphatic rings. The van der Waals surface area contributed by atoms with Gasteiger partial charge in [0, 0.05) is 11.6 Å². The molecule has 1 aromatic heterocycles. The minimum absolute atomic E-state index is 0.489. The maximum Gasteiger partial charge on any atom is 0.128 e. The van der Waals surface area contributed by atoms with Crippen LogP contribution in [-0.2, 0) is 0 Å². The number of aromatic nitrogens is 2. The van der Waals surface area contributed by atoms with E-state index in [0.717, 1.165) is 22.6 Å². The van der Waals surface area contributed by atoms with Gasteiger partial charge in [-0.15, -0.1) is 0 Å². The van der Waals surface area contributed by atoms with Crippen LogP contribution >= 0.6 is 0 Å². The van der Waals surface area contributed by atoms with E-state index in [1.807, 2.05) is 32.0 Å². The predicted octanol–water partition coefficient (Wildman–Crippen LogP) is 2.35. The summed E-state index contributed by atoms with van der Waals surface area (Å²) in [6, 6.07) is 7.65. The molecule has 88 valence electrons. The Morgan fingerprint density at radius 1 is 1.12 bits per heavy atom. The van der Waals surface area contributed by atoms with Gasteiger partial charge in [-0.05, 0) is 37.6 Å². The van der Waals surface area contributed by atoms with Crippen LogP contribution in [0.1, 0.15) is 11.4 Å². The molecule has 0 unspecified atom stereocenters. The molecule has 0 aliphatic heterocycles. The van der Waals surface area contributed by atoms with Crippen LogP contribution in [0.25, 0.3) is 11.3 Å². The number of aryl methyl sites for hydroxylation is 2. The van der Waals surface area contributed by atoms with Crippen molar-refractivity contribution in [2.45, 2.75) is 13.8 Å². The number of ether oxygens (including phenoxy) is 1. The first-order valence-corrected chi connectivity index (χ1v) is 5.36. The number of nitrogens with two attached hydrogens (primary N) is 1. The highest BCUT2D eigenvalue weighted by Crippen LogP contribution is 2.26. The molecule has 2 N–H and O–H groups in total. The molecule has 0 aliphatic carbocycles. The number of hydrogen-bond acceptors (Lipinski definition) is 4. The Morgan fingerprint density at radius 2 is 1.88 bits per heavy atom. The summed E-state index contributed by atoms with van der Waals surface area (Å²) in [4.78, 5) is 8.45. The molecule has 0 atom stereocenters. The van der Waals surface area contributed by atoms with Crippen molar-refractivity contribution < 1.29 is 4.74 Å². The number of anilines is 1. The third kappa shape index (κ3) is 2.36. The molecule has 4 nitrogen and oxygen atoms in total. The van der Waals surface area contributed by atoms with Crippen LogP contribution in [0.5, 0.6) is 5.75 Å². The predicted molar refractivity (Wildman–Crippen MR) is 67.9 cm³/mol. The maximum absolute atomic E-state index is 5.73. The molecule has 0 fully saturated rings. The number of nitrogen functional groups attached to an aromatic ring is 1. The number of benzene rings is 1. The minimum Gasteiger partial charge on any atom is -0.497 e. The van der Waals surface area contributed by atoms with Gasteiger partial charge in [0.15, 0.2) is 0 Å². The summed E-state index contributed by atoms with van der Waals surface area (Å²) >= 11 is 0. The molecule has 0 saturated heterocycles. The lowest BCUT2D eigenvalue weighted by Crippen LogP contribution is -1.98. The third-order valence-corrected chi connectivity index (χ3v) is 2.57. The Kier molecular flexibility index (Phi) is 2.95. The molecule has 4 heteroatoms. The van der Waals surface area contributed by atoms with Crippen molar-refractivity contribution in [3.05, 3.63) is 35.7 Å². The summed E-state index contributed by atoms with van der Waals surface area (Å²) < 4.78 is 5.18. The molecule has 0 saturated carbocycles. The zero-order valence-electron chi connectivity index (χ0n) is 10.2. The fourth-order valence-electron chi connectivity index (χ4n) is 1.78. The molecule has 17 heavy (non-hydrogen) atoms. The van der Waals surface area contributed by atoms with Gasteiger partial charge < -0.3 is 10.5 Å².